The topological polar surface area (TPSA) is 490 Å². The number of carbonyl (C=O) groups excluding carboxylic acids is 9. The summed E-state index contributed by atoms with van der Waals surface area (Å²) in [7, 11) is 0. The molecule has 0 radical (unpaired) electrons. The summed E-state index contributed by atoms with van der Waals surface area (Å²) in [6.45, 7) is 10.9. The summed E-state index contributed by atoms with van der Waals surface area (Å²) >= 11 is 1.36. The van der Waals surface area contributed by atoms with Crippen molar-refractivity contribution in [3.63, 3.8) is 0 Å². The Hall–Kier alpha value is -6.82. The van der Waals surface area contributed by atoms with E-state index in [1.54, 1.807) is 34.0 Å². The first-order valence-corrected chi connectivity index (χ1v) is 26.7. The van der Waals surface area contributed by atoms with E-state index in [4.69, 9.17) is 28.0 Å². The third-order valence-corrected chi connectivity index (χ3v) is 12.2. The van der Waals surface area contributed by atoms with E-state index < -0.39 is 157 Å². The number of hydrogen-bond acceptors (Lipinski definition) is 16. The fourth-order valence-electron chi connectivity index (χ4n) is 7.03. The first kappa shape index (κ1) is 70.2. The van der Waals surface area contributed by atoms with Crippen LogP contribution in [-0.2, 0) is 57.5 Å². The SMILES string of the molecule is CSCC[C@H](NC(=O)[C@H](C)NC(=O)[C@H](CCC(=O)O)NC(=O)[C@H](C)NC(=O)[C@H](CC(C)C)NC(=O)[C@@H](NC(=O)[C@H](CCCN=C(N)N)NC(=O)[C@H](C)NC(=O)[C@H](CCCCN)NC(=O)[C@@H](N)CCC(=O)O)C(C)C)C(=O)O. The van der Waals surface area contributed by atoms with Crippen LogP contribution in [0.4, 0.5) is 0 Å². The number of thioether (sulfide) groups is 1. The number of carboxylic acid groups (broad SMARTS) is 3. The summed E-state index contributed by atoms with van der Waals surface area (Å²) in [6, 6.07) is -13.2. The van der Waals surface area contributed by atoms with E-state index in [2.05, 4.69) is 52.8 Å². The molecule has 0 aromatic carbocycles. The van der Waals surface area contributed by atoms with E-state index in [9.17, 15) is 67.7 Å². The summed E-state index contributed by atoms with van der Waals surface area (Å²) in [6.07, 6.45) is 1.29. The number of guanidine groups is 1. The van der Waals surface area contributed by atoms with Crippen LogP contribution in [0.2, 0.25) is 0 Å². The molecule has 10 atom stereocenters. The van der Waals surface area contributed by atoms with Gasteiger partial charge in [-0.1, -0.05) is 27.7 Å². The molecule has 29 nitrogen and oxygen atoms in total. The standard InChI is InChI=1S/C47H84N14O15S/c1-23(2)22-33(44(73)55-26(6)38(67)57-31(15-17-35(64)65)42(71)54-27(7)39(68)59-32(46(75)76)18-21-77-8)60-45(74)36(24(3)4)61-43(72)30(13-11-20-52-47(50)51)56-37(66)25(5)53-41(70)29(12-9-10-19-48)58-40(69)28(49)14-16-34(62)63/h23-33,36H,9-22,48-49H2,1-8H3,(H,53,70)(H,54,71)(H,55,73)(H,56,66)(H,57,67)(H,58,69)(H,59,68)(H,60,74)(H,61,72)(H,62,63)(H,64,65)(H,75,76)(H4,50,51,52)/t25-,26-,27-,28-,29-,30-,31-,32-,33-,36-/m0/s1. The van der Waals surface area contributed by atoms with Crippen molar-refractivity contribution in [3.8, 4) is 0 Å². The number of nitrogens with two attached hydrogens (primary N) is 4. The van der Waals surface area contributed by atoms with Gasteiger partial charge in [0.05, 0.1) is 6.04 Å². The number of hydrogen-bond donors (Lipinski definition) is 16. The van der Waals surface area contributed by atoms with Crippen LogP contribution < -0.4 is 70.8 Å². The average molecular weight is 1120 g/mol. The molecule has 30 heteroatoms. The fourth-order valence-corrected chi connectivity index (χ4v) is 7.51. The number of carboxylic acids is 3. The Balaban J connectivity index is 6.32. The van der Waals surface area contributed by atoms with Gasteiger partial charge >= 0.3 is 17.9 Å². The zero-order chi connectivity index (χ0) is 59.1. The lowest BCUT2D eigenvalue weighted by molar-refractivity contribution is -0.142. The predicted octanol–water partition coefficient (Wildman–Crippen LogP) is -3.81. The number of amides is 9. The molecule has 0 saturated carbocycles. The van der Waals surface area contributed by atoms with Gasteiger partial charge in [-0.2, -0.15) is 11.8 Å². The van der Waals surface area contributed by atoms with Gasteiger partial charge in [-0.25, -0.2) is 4.79 Å². The second kappa shape index (κ2) is 37.0. The highest BCUT2D eigenvalue weighted by Crippen LogP contribution is 2.11. The summed E-state index contributed by atoms with van der Waals surface area (Å²) in [5, 5.41) is 50.2. The molecule has 0 saturated heterocycles. The Morgan fingerprint density at radius 3 is 1.32 bits per heavy atom. The van der Waals surface area contributed by atoms with Gasteiger partial charge in [-0.05, 0) is 109 Å². The van der Waals surface area contributed by atoms with Crippen LogP contribution in [0, 0.1) is 11.8 Å². The number of aliphatic imine (C=N–C) groups is 1. The van der Waals surface area contributed by atoms with Crippen LogP contribution >= 0.6 is 11.8 Å². The summed E-state index contributed by atoms with van der Waals surface area (Å²) < 4.78 is 0. The maximum atomic E-state index is 14.0. The molecule has 0 aliphatic rings. The number of rotatable bonds is 39. The zero-order valence-electron chi connectivity index (χ0n) is 45.2. The second-order valence-electron chi connectivity index (χ2n) is 19.2. The maximum Gasteiger partial charge on any atom is 0.326 e. The van der Waals surface area contributed by atoms with Crippen molar-refractivity contribution in [2.24, 2.45) is 39.8 Å². The van der Waals surface area contributed by atoms with E-state index in [1.165, 1.54) is 32.5 Å². The zero-order valence-corrected chi connectivity index (χ0v) is 46.0. The van der Waals surface area contributed by atoms with E-state index in [-0.39, 0.29) is 63.5 Å². The third-order valence-electron chi connectivity index (χ3n) is 11.5. The highest BCUT2D eigenvalue weighted by molar-refractivity contribution is 7.98. The van der Waals surface area contributed by atoms with Crippen LogP contribution in [0.25, 0.3) is 0 Å². The number of nitrogens with zero attached hydrogens (tertiary/aromatic N) is 1. The molecule has 0 heterocycles. The fraction of sp³-hybridized carbons (Fsp3) is 0.723. The molecular weight excluding hydrogens is 1030 g/mol. The molecule has 0 aromatic heterocycles. The van der Waals surface area contributed by atoms with Gasteiger partial charge in [0.25, 0.3) is 0 Å². The molecule has 0 aliphatic heterocycles. The normalized spacial score (nSPS) is 15.0. The van der Waals surface area contributed by atoms with Crippen LogP contribution in [0.3, 0.4) is 0 Å². The van der Waals surface area contributed by atoms with Gasteiger partial charge in [-0.3, -0.25) is 57.7 Å². The summed E-state index contributed by atoms with van der Waals surface area (Å²) in [4.78, 5) is 159. The Morgan fingerprint density at radius 1 is 0.481 bits per heavy atom. The van der Waals surface area contributed by atoms with Crippen molar-refractivity contribution in [1.29, 1.82) is 0 Å². The Kier molecular flexibility index (Phi) is 33.8. The number of nitrogens with one attached hydrogen (secondary N) is 9. The van der Waals surface area contributed by atoms with Crippen molar-refractivity contribution >= 4 is 88.8 Å². The van der Waals surface area contributed by atoms with Crippen LogP contribution in [-0.4, -0.2) is 178 Å². The van der Waals surface area contributed by atoms with E-state index in [0.717, 1.165) is 0 Å². The average Bonchev–Trinajstić information content (AvgIpc) is 3.34. The monoisotopic (exact) mass is 1120 g/mol. The lowest BCUT2D eigenvalue weighted by Crippen LogP contribution is -2.61. The highest BCUT2D eigenvalue weighted by Gasteiger charge is 2.35. The van der Waals surface area contributed by atoms with E-state index >= 15 is 0 Å². The molecule has 438 valence electrons. The number of carbonyl (C=O) groups is 12. The second-order valence-corrected chi connectivity index (χ2v) is 20.2. The molecule has 9 amide bonds. The van der Waals surface area contributed by atoms with Crippen molar-refractivity contribution in [1.82, 2.24) is 47.9 Å². The summed E-state index contributed by atoms with van der Waals surface area (Å²) in [5.74, 6) is -12.2. The lowest BCUT2D eigenvalue weighted by atomic mass is 9.99. The smallest absolute Gasteiger partial charge is 0.326 e. The van der Waals surface area contributed by atoms with Crippen LogP contribution in [0.15, 0.2) is 4.99 Å². The molecule has 0 spiro atoms. The van der Waals surface area contributed by atoms with Crippen molar-refractivity contribution in [3.05, 3.63) is 0 Å². The molecule has 0 fully saturated rings. The quantitative estimate of drug-likeness (QED) is 0.0159. The largest absolute Gasteiger partial charge is 0.481 e. The highest BCUT2D eigenvalue weighted by atomic mass is 32.2. The Bertz CT molecular complexity index is 2040. The van der Waals surface area contributed by atoms with Gasteiger partial charge < -0.3 is 86.1 Å². The van der Waals surface area contributed by atoms with E-state index in [1.807, 2.05) is 0 Å². The van der Waals surface area contributed by atoms with E-state index in [0.29, 0.717) is 18.6 Å². The van der Waals surface area contributed by atoms with Crippen molar-refractivity contribution in [2.75, 3.05) is 25.1 Å². The summed E-state index contributed by atoms with van der Waals surface area (Å²) in [5.41, 5.74) is 22.4. The van der Waals surface area contributed by atoms with Gasteiger partial charge in [-0.15, -0.1) is 0 Å². The molecule has 0 bridgehead atoms. The molecule has 0 aromatic rings. The van der Waals surface area contributed by atoms with Gasteiger partial charge in [0.2, 0.25) is 53.2 Å². The third kappa shape index (κ3) is 29.3. The van der Waals surface area contributed by atoms with Crippen molar-refractivity contribution in [2.45, 2.75) is 180 Å². The van der Waals surface area contributed by atoms with Crippen molar-refractivity contribution < 1.29 is 72.9 Å². The molecule has 0 aliphatic carbocycles. The molecular formula is C47H84N14O15S. The van der Waals surface area contributed by atoms with Gasteiger partial charge in [0.15, 0.2) is 5.96 Å². The minimum absolute atomic E-state index is 0.0243. The number of unbranched alkanes of at least 4 members (excludes halogenated alkanes) is 1. The lowest BCUT2D eigenvalue weighted by Gasteiger charge is -2.29. The van der Waals surface area contributed by atoms with Crippen LogP contribution in [0.5, 0.6) is 0 Å². The Morgan fingerprint density at radius 2 is 0.896 bits per heavy atom. The molecule has 0 unspecified atom stereocenters. The first-order chi connectivity index (χ1) is 35.9. The maximum absolute atomic E-state index is 14.0. The van der Waals surface area contributed by atoms with Crippen LogP contribution in [0.1, 0.15) is 119 Å². The molecule has 0 rings (SSSR count). The minimum atomic E-state index is -1.53. The molecule has 77 heavy (non-hydrogen) atoms. The predicted molar refractivity (Wildman–Crippen MR) is 284 cm³/mol. The molecule has 20 N–H and O–H groups in total. The Labute approximate surface area is 452 Å². The number of aliphatic carboxylic acids is 3. The van der Waals surface area contributed by atoms with Gasteiger partial charge in [0.1, 0.15) is 54.4 Å². The minimum Gasteiger partial charge on any atom is -0.481 e. The van der Waals surface area contributed by atoms with Gasteiger partial charge in [0, 0.05) is 19.4 Å². The first-order valence-electron chi connectivity index (χ1n) is 25.4.